The summed E-state index contributed by atoms with van der Waals surface area (Å²) in [6, 6.07) is 6.31. The summed E-state index contributed by atoms with van der Waals surface area (Å²) < 4.78 is 5.27. The molecule has 1 aromatic carbocycles. The maximum Gasteiger partial charge on any atom is 0.122 e. The van der Waals surface area contributed by atoms with Crippen LogP contribution in [0.1, 0.15) is 18.1 Å². The van der Waals surface area contributed by atoms with Gasteiger partial charge in [0.15, 0.2) is 0 Å². The highest BCUT2D eigenvalue weighted by atomic mass is 79.9. The molecule has 3 heteroatoms. The standard InChI is InChI=1S/C11H16BrNO/c1-3-10-6-9(7-13-8-12)4-5-11(10)14-2/h4-6,13H,3,7-8H2,1-2H3. The molecule has 0 aromatic heterocycles. The quantitative estimate of drug-likeness (QED) is 0.647. The number of ether oxygens (including phenoxy) is 1. The molecule has 0 bridgehead atoms. The van der Waals surface area contributed by atoms with Gasteiger partial charge in [0.1, 0.15) is 5.75 Å². The molecule has 1 aromatic rings. The van der Waals surface area contributed by atoms with E-state index < -0.39 is 0 Å². The number of nitrogens with one attached hydrogen (secondary N) is 1. The smallest absolute Gasteiger partial charge is 0.122 e. The first-order valence-electron chi connectivity index (χ1n) is 4.74. The van der Waals surface area contributed by atoms with Gasteiger partial charge in [-0.3, -0.25) is 0 Å². The molecule has 0 aliphatic heterocycles. The van der Waals surface area contributed by atoms with E-state index in [-0.39, 0.29) is 0 Å². The molecule has 2 nitrogen and oxygen atoms in total. The van der Waals surface area contributed by atoms with E-state index in [9.17, 15) is 0 Å². The molecule has 14 heavy (non-hydrogen) atoms. The first-order chi connectivity index (χ1) is 6.81. The lowest BCUT2D eigenvalue weighted by molar-refractivity contribution is 0.410. The van der Waals surface area contributed by atoms with Gasteiger partial charge in [0.05, 0.1) is 12.6 Å². The Kier molecular flexibility index (Phi) is 4.98. The highest BCUT2D eigenvalue weighted by Crippen LogP contribution is 2.20. The van der Waals surface area contributed by atoms with Gasteiger partial charge in [-0.25, -0.2) is 0 Å². The van der Waals surface area contributed by atoms with Crippen LogP contribution in [0, 0.1) is 0 Å². The second-order valence-electron chi connectivity index (χ2n) is 3.06. The lowest BCUT2D eigenvalue weighted by Gasteiger charge is -2.09. The SMILES string of the molecule is CCc1cc(CNCBr)ccc1OC. The highest BCUT2D eigenvalue weighted by Gasteiger charge is 2.01. The van der Waals surface area contributed by atoms with Crippen LogP contribution in [0.15, 0.2) is 18.2 Å². The van der Waals surface area contributed by atoms with Gasteiger partial charge in [-0.05, 0) is 23.6 Å². The van der Waals surface area contributed by atoms with Crippen molar-refractivity contribution in [3.8, 4) is 5.75 Å². The number of hydrogen-bond acceptors (Lipinski definition) is 2. The summed E-state index contributed by atoms with van der Waals surface area (Å²) in [5.41, 5.74) is 3.38. The van der Waals surface area contributed by atoms with Crippen molar-refractivity contribution in [1.29, 1.82) is 0 Å². The Balaban J connectivity index is 2.79. The molecule has 0 heterocycles. The van der Waals surface area contributed by atoms with Crippen molar-refractivity contribution in [2.45, 2.75) is 19.9 Å². The van der Waals surface area contributed by atoms with Gasteiger partial charge in [0.25, 0.3) is 0 Å². The minimum atomic E-state index is 0.820. The van der Waals surface area contributed by atoms with Crippen molar-refractivity contribution >= 4 is 15.9 Å². The van der Waals surface area contributed by atoms with Crippen LogP contribution in [0.5, 0.6) is 5.75 Å². The fourth-order valence-corrected chi connectivity index (χ4v) is 1.61. The van der Waals surface area contributed by atoms with Crippen LogP contribution in [-0.4, -0.2) is 12.6 Å². The number of aryl methyl sites for hydroxylation is 1. The molecule has 0 saturated carbocycles. The Labute approximate surface area is 93.8 Å². The summed E-state index contributed by atoms with van der Waals surface area (Å²) in [6.45, 7) is 3.03. The molecule has 0 radical (unpaired) electrons. The fraction of sp³-hybridized carbons (Fsp3) is 0.455. The van der Waals surface area contributed by atoms with Gasteiger partial charge >= 0.3 is 0 Å². The molecule has 0 spiro atoms. The van der Waals surface area contributed by atoms with Crippen molar-refractivity contribution in [1.82, 2.24) is 5.32 Å². The Hall–Kier alpha value is -0.540. The predicted octanol–water partition coefficient (Wildman–Crippen LogP) is 2.70. The third-order valence-corrected chi connectivity index (χ3v) is 2.55. The minimum Gasteiger partial charge on any atom is -0.496 e. The van der Waals surface area contributed by atoms with Gasteiger partial charge in [-0.1, -0.05) is 35.0 Å². The maximum absolute atomic E-state index is 5.27. The minimum absolute atomic E-state index is 0.820. The Morgan fingerprint density at radius 2 is 2.21 bits per heavy atom. The Morgan fingerprint density at radius 1 is 1.43 bits per heavy atom. The van der Waals surface area contributed by atoms with E-state index in [0.717, 1.165) is 24.2 Å². The lowest BCUT2D eigenvalue weighted by atomic mass is 10.1. The second-order valence-corrected chi connectivity index (χ2v) is 3.62. The molecule has 0 saturated heterocycles. The van der Waals surface area contributed by atoms with Gasteiger partial charge in [-0.2, -0.15) is 0 Å². The van der Waals surface area contributed by atoms with E-state index in [1.165, 1.54) is 11.1 Å². The second kappa shape index (κ2) is 6.04. The summed E-state index contributed by atoms with van der Waals surface area (Å²) >= 11 is 3.33. The zero-order valence-electron chi connectivity index (χ0n) is 8.64. The average Bonchev–Trinajstić information content (AvgIpc) is 2.25. The van der Waals surface area contributed by atoms with Crippen LogP contribution in [0.25, 0.3) is 0 Å². The van der Waals surface area contributed by atoms with Crippen molar-refractivity contribution < 1.29 is 4.74 Å². The number of rotatable bonds is 5. The van der Waals surface area contributed by atoms with Crippen LogP contribution in [0.3, 0.4) is 0 Å². The third kappa shape index (κ3) is 3.00. The molecule has 0 aliphatic carbocycles. The molecule has 78 valence electrons. The van der Waals surface area contributed by atoms with E-state index in [4.69, 9.17) is 4.74 Å². The van der Waals surface area contributed by atoms with Crippen molar-refractivity contribution in [2.75, 3.05) is 12.6 Å². The molecular formula is C11H16BrNO. The molecule has 1 rings (SSSR count). The number of methoxy groups -OCH3 is 1. The Bertz CT molecular complexity index is 289. The molecule has 1 N–H and O–H groups in total. The monoisotopic (exact) mass is 257 g/mol. The van der Waals surface area contributed by atoms with Crippen LogP contribution < -0.4 is 10.1 Å². The van der Waals surface area contributed by atoms with Crippen LogP contribution in [0.2, 0.25) is 0 Å². The van der Waals surface area contributed by atoms with Gasteiger partial charge in [0.2, 0.25) is 0 Å². The fourth-order valence-electron chi connectivity index (χ4n) is 1.41. The zero-order chi connectivity index (χ0) is 10.4. The summed E-state index contributed by atoms with van der Waals surface area (Å²) in [7, 11) is 1.71. The van der Waals surface area contributed by atoms with E-state index in [1.807, 2.05) is 6.07 Å². The normalized spacial score (nSPS) is 10.2. The zero-order valence-corrected chi connectivity index (χ0v) is 10.2. The number of alkyl halides is 1. The molecule has 0 aliphatic rings. The van der Waals surface area contributed by atoms with E-state index in [2.05, 4.69) is 40.3 Å². The van der Waals surface area contributed by atoms with Crippen LogP contribution >= 0.6 is 15.9 Å². The first kappa shape index (κ1) is 11.5. The van der Waals surface area contributed by atoms with Crippen LogP contribution in [0.4, 0.5) is 0 Å². The van der Waals surface area contributed by atoms with Crippen molar-refractivity contribution in [3.05, 3.63) is 29.3 Å². The third-order valence-electron chi connectivity index (χ3n) is 2.15. The van der Waals surface area contributed by atoms with E-state index >= 15 is 0 Å². The lowest BCUT2D eigenvalue weighted by Crippen LogP contribution is -2.10. The number of halogens is 1. The van der Waals surface area contributed by atoms with Crippen LogP contribution in [-0.2, 0) is 13.0 Å². The first-order valence-corrected chi connectivity index (χ1v) is 5.86. The maximum atomic E-state index is 5.27. The predicted molar refractivity (Wildman–Crippen MR) is 63.0 cm³/mol. The summed E-state index contributed by atoms with van der Waals surface area (Å²) in [6.07, 6.45) is 1.01. The van der Waals surface area contributed by atoms with Gasteiger partial charge in [0, 0.05) is 6.54 Å². The summed E-state index contributed by atoms with van der Waals surface area (Å²) in [4.78, 5) is 0. The summed E-state index contributed by atoms with van der Waals surface area (Å²) in [5.74, 6) is 0.982. The number of hydrogen-bond donors (Lipinski definition) is 1. The van der Waals surface area contributed by atoms with E-state index in [0.29, 0.717) is 0 Å². The molecule has 0 fully saturated rings. The number of benzene rings is 1. The van der Waals surface area contributed by atoms with Crippen molar-refractivity contribution in [3.63, 3.8) is 0 Å². The highest BCUT2D eigenvalue weighted by molar-refractivity contribution is 9.09. The largest absolute Gasteiger partial charge is 0.496 e. The molecule has 0 unspecified atom stereocenters. The van der Waals surface area contributed by atoms with Gasteiger partial charge < -0.3 is 10.1 Å². The summed E-state index contributed by atoms with van der Waals surface area (Å²) in [5, 5.41) is 3.23. The van der Waals surface area contributed by atoms with Gasteiger partial charge in [-0.15, -0.1) is 0 Å². The topological polar surface area (TPSA) is 21.3 Å². The molecule has 0 atom stereocenters. The molecule has 0 amide bonds. The van der Waals surface area contributed by atoms with E-state index in [1.54, 1.807) is 7.11 Å². The average molecular weight is 258 g/mol. The van der Waals surface area contributed by atoms with Crippen molar-refractivity contribution in [2.24, 2.45) is 0 Å². The Morgan fingerprint density at radius 3 is 2.79 bits per heavy atom. The molecular weight excluding hydrogens is 242 g/mol.